The van der Waals surface area contributed by atoms with Crippen molar-refractivity contribution in [2.75, 3.05) is 0 Å². The standard InChI is InChI=1S/C18H11ClN4O3/c19-11-6-4-10(5-7-11)15-20-13(14-3-1-2-8-23(14)15)9-12-16(24)21-18(26)22-17(12)25/h1-9H,(H2,21,22,24,25,26). The fraction of sp³-hybridized carbons (Fsp3) is 0. The largest absolute Gasteiger partial charge is 0.328 e. The van der Waals surface area contributed by atoms with E-state index >= 15 is 0 Å². The van der Waals surface area contributed by atoms with E-state index in [0.29, 0.717) is 22.1 Å². The van der Waals surface area contributed by atoms with E-state index in [4.69, 9.17) is 11.6 Å². The first kappa shape index (κ1) is 16.0. The van der Waals surface area contributed by atoms with Crippen LogP contribution in [0.5, 0.6) is 0 Å². The summed E-state index contributed by atoms with van der Waals surface area (Å²) in [7, 11) is 0. The zero-order chi connectivity index (χ0) is 18.3. The van der Waals surface area contributed by atoms with Crippen molar-refractivity contribution in [1.29, 1.82) is 0 Å². The molecule has 0 spiro atoms. The Labute approximate surface area is 152 Å². The molecule has 1 saturated heterocycles. The molecule has 26 heavy (non-hydrogen) atoms. The Morgan fingerprint density at radius 3 is 2.35 bits per heavy atom. The summed E-state index contributed by atoms with van der Waals surface area (Å²) in [6, 6.07) is 11.8. The molecular formula is C18H11ClN4O3. The van der Waals surface area contributed by atoms with Crippen LogP contribution in [0.4, 0.5) is 4.79 Å². The monoisotopic (exact) mass is 366 g/mol. The highest BCUT2D eigenvalue weighted by Crippen LogP contribution is 2.25. The van der Waals surface area contributed by atoms with Crippen LogP contribution >= 0.6 is 11.6 Å². The molecule has 3 aromatic rings. The highest BCUT2D eigenvalue weighted by molar-refractivity contribution is 6.31. The number of pyridine rings is 1. The van der Waals surface area contributed by atoms with Crippen molar-refractivity contribution in [2.45, 2.75) is 0 Å². The summed E-state index contributed by atoms with van der Waals surface area (Å²) in [6.45, 7) is 0. The van der Waals surface area contributed by atoms with Crippen LogP contribution in [-0.4, -0.2) is 27.2 Å². The molecule has 0 saturated carbocycles. The average molecular weight is 367 g/mol. The lowest BCUT2D eigenvalue weighted by molar-refractivity contribution is -0.123. The number of nitrogens with zero attached hydrogens (tertiary/aromatic N) is 2. The second-order valence-electron chi connectivity index (χ2n) is 5.58. The summed E-state index contributed by atoms with van der Waals surface area (Å²) in [5, 5.41) is 4.70. The number of benzene rings is 1. The highest BCUT2D eigenvalue weighted by Gasteiger charge is 2.28. The Bertz CT molecular complexity index is 1080. The van der Waals surface area contributed by atoms with E-state index in [9.17, 15) is 14.4 Å². The Hall–Kier alpha value is -3.45. The van der Waals surface area contributed by atoms with E-state index in [1.165, 1.54) is 6.08 Å². The summed E-state index contributed by atoms with van der Waals surface area (Å²) in [4.78, 5) is 39.7. The second kappa shape index (κ2) is 6.12. The number of hydrogen-bond donors (Lipinski definition) is 2. The van der Waals surface area contributed by atoms with Gasteiger partial charge in [0, 0.05) is 16.8 Å². The molecule has 1 aliphatic rings. The molecule has 0 bridgehead atoms. The van der Waals surface area contributed by atoms with Gasteiger partial charge < -0.3 is 0 Å². The molecule has 128 valence electrons. The van der Waals surface area contributed by atoms with Gasteiger partial charge >= 0.3 is 6.03 Å². The third kappa shape index (κ3) is 2.74. The maximum absolute atomic E-state index is 12.0. The van der Waals surface area contributed by atoms with Crippen molar-refractivity contribution in [1.82, 2.24) is 20.0 Å². The van der Waals surface area contributed by atoms with Crippen LogP contribution in [0, 0.1) is 0 Å². The van der Waals surface area contributed by atoms with Gasteiger partial charge in [0.05, 0.1) is 11.2 Å². The maximum atomic E-state index is 12.0. The number of imide groups is 2. The maximum Gasteiger partial charge on any atom is 0.328 e. The number of rotatable bonds is 2. The Morgan fingerprint density at radius 1 is 0.962 bits per heavy atom. The van der Waals surface area contributed by atoms with Gasteiger partial charge in [-0.2, -0.15) is 0 Å². The highest BCUT2D eigenvalue weighted by atomic mass is 35.5. The molecule has 4 amide bonds. The first-order valence-corrected chi connectivity index (χ1v) is 8.02. The molecule has 8 heteroatoms. The van der Waals surface area contributed by atoms with Crippen molar-refractivity contribution in [3.05, 3.63) is 65.0 Å². The minimum absolute atomic E-state index is 0.184. The van der Waals surface area contributed by atoms with Gasteiger partial charge in [-0.25, -0.2) is 9.78 Å². The van der Waals surface area contributed by atoms with E-state index in [1.54, 1.807) is 12.1 Å². The number of nitrogens with one attached hydrogen (secondary N) is 2. The fourth-order valence-electron chi connectivity index (χ4n) is 2.71. The SMILES string of the molecule is O=C1NC(=O)C(=Cc2nc(-c3ccc(Cl)cc3)n3ccccc23)C(=O)N1. The van der Waals surface area contributed by atoms with Crippen LogP contribution < -0.4 is 10.6 Å². The van der Waals surface area contributed by atoms with Crippen molar-refractivity contribution in [3.63, 3.8) is 0 Å². The quantitative estimate of drug-likeness (QED) is 0.538. The molecule has 4 rings (SSSR count). The minimum Gasteiger partial charge on any atom is -0.299 e. The molecule has 0 radical (unpaired) electrons. The average Bonchev–Trinajstić information content (AvgIpc) is 2.97. The van der Waals surface area contributed by atoms with Gasteiger partial charge in [-0.05, 0) is 42.5 Å². The lowest BCUT2D eigenvalue weighted by Crippen LogP contribution is -2.51. The van der Waals surface area contributed by atoms with Gasteiger partial charge in [0.25, 0.3) is 11.8 Å². The number of carbonyl (C=O) groups is 3. The topological polar surface area (TPSA) is 92.6 Å². The van der Waals surface area contributed by atoms with Crippen LogP contribution in [0.3, 0.4) is 0 Å². The molecule has 2 N–H and O–H groups in total. The van der Waals surface area contributed by atoms with Crippen LogP contribution in [-0.2, 0) is 9.59 Å². The van der Waals surface area contributed by atoms with Crippen molar-refractivity contribution in [3.8, 4) is 11.4 Å². The molecule has 3 heterocycles. The number of amides is 4. The van der Waals surface area contributed by atoms with E-state index in [1.807, 2.05) is 51.6 Å². The van der Waals surface area contributed by atoms with Crippen molar-refractivity contribution >= 4 is 41.0 Å². The van der Waals surface area contributed by atoms with Crippen molar-refractivity contribution in [2.24, 2.45) is 0 Å². The molecule has 7 nitrogen and oxygen atoms in total. The predicted molar refractivity (Wildman–Crippen MR) is 95.3 cm³/mol. The van der Waals surface area contributed by atoms with E-state index in [2.05, 4.69) is 4.98 Å². The van der Waals surface area contributed by atoms with Gasteiger partial charge in [0.15, 0.2) is 0 Å². The molecule has 0 aliphatic carbocycles. The Kier molecular flexibility index (Phi) is 3.78. The molecule has 0 unspecified atom stereocenters. The number of urea groups is 1. The van der Waals surface area contributed by atoms with E-state index < -0.39 is 17.8 Å². The van der Waals surface area contributed by atoms with Gasteiger partial charge in [0.2, 0.25) is 0 Å². The van der Waals surface area contributed by atoms with E-state index in [0.717, 1.165) is 5.56 Å². The number of fused-ring (bicyclic) bond motifs is 1. The fourth-order valence-corrected chi connectivity index (χ4v) is 2.84. The summed E-state index contributed by atoms with van der Waals surface area (Å²) in [5.74, 6) is -0.885. The van der Waals surface area contributed by atoms with Crippen molar-refractivity contribution < 1.29 is 14.4 Å². The lowest BCUT2D eigenvalue weighted by Gasteiger charge is -2.13. The lowest BCUT2D eigenvalue weighted by atomic mass is 10.1. The molecule has 1 aromatic carbocycles. The number of imidazole rings is 1. The third-order valence-electron chi connectivity index (χ3n) is 3.90. The van der Waals surface area contributed by atoms with Gasteiger partial charge in [-0.1, -0.05) is 17.7 Å². The molecule has 1 aliphatic heterocycles. The van der Waals surface area contributed by atoms with Gasteiger partial charge in [-0.15, -0.1) is 0 Å². The van der Waals surface area contributed by atoms with Crippen LogP contribution in [0.1, 0.15) is 5.69 Å². The zero-order valence-electron chi connectivity index (χ0n) is 13.2. The molecule has 0 atom stereocenters. The first-order valence-electron chi connectivity index (χ1n) is 7.64. The summed E-state index contributed by atoms with van der Waals surface area (Å²) >= 11 is 5.94. The predicted octanol–water partition coefficient (Wildman–Crippen LogP) is 2.40. The van der Waals surface area contributed by atoms with E-state index in [-0.39, 0.29) is 5.57 Å². The number of barbiturate groups is 1. The zero-order valence-corrected chi connectivity index (χ0v) is 13.9. The summed E-state index contributed by atoms with van der Waals surface area (Å²) < 4.78 is 1.85. The normalized spacial score (nSPS) is 14.3. The summed E-state index contributed by atoms with van der Waals surface area (Å²) in [6.07, 6.45) is 3.20. The molecular weight excluding hydrogens is 356 g/mol. The van der Waals surface area contributed by atoms with Crippen LogP contribution in [0.15, 0.2) is 54.2 Å². The number of carbonyl (C=O) groups excluding carboxylic acids is 3. The Balaban J connectivity index is 1.88. The Morgan fingerprint density at radius 2 is 1.65 bits per heavy atom. The minimum atomic E-state index is -0.839. The number of hydrogen-bond acceptors (Lipinski definition) is 4. The van der Waals surface area contributed by atoms with Gasteiger partial charge in [-0.3, -0.25) is 24.6 Å². The number of halogens is 1. The first-order chi connectivity index (χ1) is 12.5. The molecule has 1 fully saturated rings. The third-order valence-corrected chi connectivity index (χ3v) is 4.16. The molecule has 2 aromatic heterocycles. The smallest absolute Gasteiger partial charge is 0.299 e. The van der Waals surface area contributed by atoms with Crippen LogP contribution in [0.25, 0.3) is 23.0 Å². The second-order valence-corrected chi connectivity index (χ2v) is 6.02. The van der Waals surface area contributed by atoms with Gasteiger partial charge in [0.1, 0.15) is 11.4 Å². The number of aromatic nitrogens is 2. The van der Waals surface area contributed by atoms with Crippen LogP contribution in [0.2, 0.25) is 5.02 Å². The summed E-state index contributed by atoms with van der Waals surface area (Å²) in [5.41, 5.74) is 1.79.